The molecule has 59 heavy (non-hydrogen) atoms. The molecule has 0 bridgehead atoms. The first-order valence-electron chi connectivity index (χ1n) is 20.3. The largest absolute Gasteiger partial charge is 0.444 e. The Morgan fingerprint density at radius 2 is 1.15 bits per heavy atom. The van der Waals surface area contributed by atoms with E-state index in [-0.39, 0.29) is 12.6 Å². The second-order valence-electron chi connectivity index (χ2n) is 15.9. The number of aromatic nitrogens is 6. The van der Waals surface area contributed by atoms with Crippen molar-refractivity contribution >= 4 is 50.4 Å². The van der Waals surface area contributed by atoms with Gasteiger partial charge in [-0.15, -0.1) is 0 Å². The molecule has 0 unspecified atom stereocenters. The minimum Gasteiger partial charge on any atom is -0.444 e. The highest BCUT2D eigenvalue weighted by molar-refractivity contribution is 5.84. The lowest BCUT2D eigenvalue weighted by molar-refractivity contribution is 0.0517. The summed E-state index contributed by atoms with van der Waals surface area (Å²) in [5.74, 6) is 2.88. The Hall–Kier alpha value is -6.09. The van der Waals surface area contributed by atoms with Gasteiger partial charge in [0.1, 0.15) is 28.3 Å². The number of nitrogens with one attached hydrogen (secondary N) is 1. The van der Waals surface area contributed by atoms with E-state index in [1.807, 2.05) is 93.6 Å². The maximum atomic E-state index is 12.2. The Balaban J connectivity index is 0.000000156. The maximum Gasteiger partial charge on any atom is 0.408 e. The van der Waals surface area contributed by atoms with Gasteiger partial charge in [-0.2, -0.15) is 0 Å². The van der Waals surface area contributed by atoms with Crippen LogP contribution in [0.25, 0.3) is 67.2 Å². The standard InChI is InChI=1S/C25H28N4O4.C20H20N4O2/c1-25(2,3)33-24(30)26-15-22-27-19-14-16(23-28-18-6-4-5-7-21(18)32-23)8-9-20(19)29(22)17-10-12-31-13-11-17;21-12-19-22-16-11-13(20-23-15-3-1-2-4-18(15)26-20)5-6-17(16)24(19)14-7-9-25-10-8-14/h4-9,14,17H,10-13,15H2,1-3H3,(H,26,30);1-6,11,14H,7-10,12,21H2. The van der Waals surface area contributed by atoms with Gasteiger partial charge >= 0.3 is 6.09 Å². The molecule has 2 saturated heterocycles. The van der Waals surface area contributed by atoms with Crippen LogP contribution in [0.1, 0.15) is 70.2 Å². The number of rotatable bonds is 7. The van der Waals surface area contributed by atoms with Crippen LogP contribution in [0.3, 0.4) is 0 Å². The molecule has 10 rings (SSSR count). The summed E-state index contributed by atoms with van der Waals surface area (Å²) < 4.78 is 32.8. The third-order valence-electron chi connectivity index (χ3n) is 10.7. The molecular weight excluding hydrogens is 749 g/mol. The monoisotopic (exact) mass is 796 g/mol. The molecule has 6 heterocycles. The molecule has 14 heteroatoms. The highest BCUT2D eigenvalue weighted by atomic mass is 16.6. The van der Waals surface area contributed by atoms with E-state index in [1.165, 1.54) is 0 Å². The first kappa shape index (κ1) is 38.4. The number of benzene rings is 4. The fraction of sp³-hybridized carbons (Fsp3) is 0.356. The van der Waals surface area contributed by atoms with E-state index in [9.17, 15) is 4.79 Å². The van der Waals surface area contributed by atoms with Crippen LogP contribution in [-0.4, -0.2) is 67.2 Å². The molecule has 14 nitrogen and oxygen atoms in total. The normalized spacial score (nSPS) is 15.5. The smallest absolute Gasteiger partial charge is 0.408 e. The highest BCUT2D eigenvalue weighted by Gasteiger charge is 2.25. The van der Waals surface area contributed by atoms with E-state index in [0.29, 0.717) is 37.6 Å². The van der Waals surface area contributed by atoms with Gasteiger partial charge < -0.3 is 43.2 Å². The average Bonchev–Trinajstić information content (AvgIpc) is 4.05. The van der Waals surface area contributed by atoms with Crippen LogP contribution >= 0.6 is 0 Å². The molecule has 1 amide bonds. The van der Waals surface area contributed by atoms with Gasteiger partial charge in [0.2, 0.25) is 11.8 Å². The van der Waals surface area contributed by atoms with E-state index in [4.69, 9.17) is 38.7 Å². The van der Waals surface area contributed by atoms with Crippen molar-refractivity contribution in [2.45, 2.75) is 77.2 Å². The summed E-state index contributed by atoms with van der Waals surface area (Å²) >= 11 is 0. The van der Waals surface area contributed by atoms with Crippen molar-refractivity contribution in [3.63, 3.8) is 0 Å². The SMILES string of the molecule is CC(C)(C)OC(=O)NCc1nc2cc(-c3nc4ccccc4o3)ccc2n1C1CCOCC1.NCc1nc2cc(-c3nc4ccccc4o3)ccc2n1C1CCOCC1. The molecule has 8 aromatic rings. The van der Waals surface area contributed by atoms with Crippen LogP contribution in [0, 0.1) is 0 Å². The number of oxazole rings is 2. The molecule has 304 valence electrons. The fourth-order valence-corrected chi connectivity index (χ4v) is 7.99. The molecule has 4 aromatic heterocycles. The molecule has 2 aliphatic rings. The highest BCUT2D eigenvalue weighted by Crippen LogP contribution is 2.34. The third-order valence-corrected chi connectivity index (χ3v) is 10.7. The molecule has 4 aromatic carbocycles. The van der Waals surface area contributed by atoms with Crippen molar-refractivity contribution < 1.29 is 27.8 Å². The van der Waals surface area contributed by atoms with Gasteiger partial charge in [-0.05, 0) is 107 Å². The minimum atomic E-state index is -0.556. The van der Waals surface area contributed by atoms with Crippen molar-refractivity contribution in [2.24, 2.45) is 5.73 Å². The van der Waals surface area contributed by atoms with E-state index in [1.54, 1.807) is 0 Å². The molecule has 2 aliphatic heterocycles. The Morgan fingerprint density at radius 3 is 1.63 bits per heavy atom. The number of alkyl carbamates (subject to hydrolysis) is 1. The summed E-state index contributed by atoms with van der Waals surface area (Å²) in [6.45, 7) is 9.23. The quantitative estimate of drug-likeness (QED) is 0.158. The second kappa shape index (κ2) is 16.3. The number of imidazole rings is 2. The molecular formula is C45H48N8O6. The summed E-state index contributed by atoms with van der Waals surface area (Å²) in [4.78, 5) is 31.1. The van der Waals surface area contributed by atoms with Gasteiger partial charge in [0.25, 0.3) is 0 Å². The number of ether oxygens (including phenoxy) is 3. The van der Waals surface area contributed by atoms with Crippen LogP contribution in [-0.2, 0) is 27.3 Å². The van der Waals surface area contributed by atoms with E-state index in [0.717, 1.165) is 106 Å². The van der Waals surface area contributed by atoms with E-state index in [2.05, 4.69) is 36.6 Å². The minimum absolute atomic E-state index is 0.259. The number of amides is 1. The molecule has 0 atom stereocenters. The van der Waals surface area contributed by atoms with Gasteiger partial charge in [-0.1, -0.05) is 24.3 Å². The van der Waals surface area contributed by atoms with Crippen LogP contribution < -0.4 is 11.1 Å². The van der Waals surface area contributed by atoms with E-state index >= 15 is 0 Å². The summed E-state index contributed by atoms with van der Waals surface area (Å²) in [5.41, 5.74) is 14.3. The lowest BCUT2D eigenvalue weighted by Gasteiger charge is -2.26. The predicted octanol–water partition coefficient (Wildman–Crippen LogP) is 8.88. The number of hydrogen-bond acceptors (Lipinski definition) is 11. The number of hydrogen-bond donors (Lipinski definition) is 2. The summed E-state index contributed by atoms with van der Waals surface area (Å²) in [6.07, 6.45) is 3.33. The van der Waals surface area contributed by atoms with E-state index < -0.39 is 11.7 Å². The first-order chi connectivity index (χ1) is 28.7. The molecule has 0 saturated carbocycles. The number of nitrogens with zero attached hydrogens (tertiary/aromatic N) is 6. The maximum absolute atomic E-state index is 12.2. The lowest BCUT2D eigenvalue weighted by Crippen LogP contribution is -2.33. The number of carbonyl (C=O) groups excluding carboxylic acids is 1. The Labute approximate surface area is 340 Å². The van der Waals surface area contributed by atoms with Crippen molar-refractivity contribution in [3.05, 3.63) is 96.6 Å². The van der Waals surface area contributed by atoms with Gasteiger partial charge in [-0.25, -0.2) is 24.7 Å². The number of carbonyl (C=O) groups is 1. The molecule has 3 N–H and O–H groups in total. The predicted molar refractivity (Wildman–Crippen MR) is 225 cm³/mol. The van der Waals surface area contributed by atoms with Crippen molar-refractivity contribution in [2.75, 3.05) is 26.4 Å². The zero-order valence-corrected chi connectivity index (χ0v) is 33.5. The average molecular weight is 797 g/mol. The van der Waals surface area contributed by atoms with Crippen molar-refractivity contribution in [1.29, 1.82) is 0 Å². The number of fused-ring (bicyclic) bond motifs is 4. The molecule has 0 aliphatic carbocycles. The summed E-state index contributed by atoms with van der Waals surface area (Å²) in [5, 5.41) is 2.85. The zero-order chi connectivity index (χ0) is 40.5. The van der Waals surface area contributed by atoms with Crippen molar-refractivity contribution in [1.82, 2.24) is 34.4 Å². The molecule has 0 radical (unpaired) electrons. The fourth-order valence-electron chi connectivity index (χ4n) is 7.99. The van der Waals surface area contributed by atoms with Crippen molar-refractivity contribution in [3.8, 4) is 22.9 Å². The lowest BCUT2D eigenvalue weighted by atomic mass is 10.1. The van der Waals surface area contributed by atoms with Gasteiger partial charge in [-0.3, -0.25) is 0 Å². The molecule has 2 fully saturated rings. The second-order valence-corrected chi connectivity index (χ2v) is 15.9. The topological polar surface area (TPSA) is 171 Å². The Kier molecular flexibility index (Phi) is 10.6. The van der Waals surface area contributed by atoms with Crippen LogP contribution in [0.4, 0.5) is 4.79 Å². The zero-order valence-electron chi connectivity index (χ0n) is 33.5. The first-order valence-corrected chi connectivity index (χ1v) is 20.3. The van der Waals surface area contributed by atoms with Crippen LogP contribution in [0.15, 0.2) is 93.8 Å². The van der Waals surface area contributed by atoms with Crippen LogP contribution in [0.5, 0.6) is 0 Å². The van der Waals surface area contributed by atoms with Gasteiger partial charge in [0, 0.05) is 49.6 Å². The van der Waals surface area contributed by atoms with Gasteiger partial charge in [0.05, 0.1) is 35.2 Å². The summed E-state index contributed by atoms with van der Waals surface area (Å²) in [7, 11) is 0. The van der Waals surface area contributed by atoms with Crippen LogP contribution in [0.2, 0.25) is 0 Å². The Bertz CT molecular complexity index is 2680. The molecule has 0 spiro atoms. The third kappa shape index (κ3) is 8.16. The Morgan fingerprint density at radius 1 is 0.678 bits per heavy atom. The van der Waals surface area contributed by atoms with Gasteiger partial charge in [0.15, 0.2) is 11.2 Å². The summed E-state index contributed by atoms with van der Waals surface area (Å²) in [6, 6.07) is 28.4. The number of para-hydroxylation sites is 4. The number of nitrogens with two attached hydrogens (primary N) is 1.